The number of piperazine rings is 1. The predicted octanol–water partition coefficient (Wildman–Crippen LogP) is 0.934. The third kappa shape index (κ3) is 4.27. The molecule has 1 aromatic carbocycles. The molecule has 5 nitrogen and oxygen atoms in total. The molecular formula is C16H20FN4OS+. The van der Waals surface area contributed by atoms with E-state index in [1.807, 2.05) is 6.92 Å². The first-order valence-electron chi connectivity index (χ1n) is 7.66. The maximum Gasteiger partial charge on any atom is 0.281 e. The number of anilines is 2. The van der Waals surface area contributed by atoms with Gasteiger partial charge in [0.25, 0.3) is 5.91 Å². The number of hydrogen-bond donors (Lipinski definition) is 2. The lowest BCUT2D eigenvalue weighted by Gasteiger charge is -2.33. The van der Waals surface area contributed by atoms with Crippen LogP contribution in [0, 0.1) is 12.7 Å². The minimum absolute atomic E-state index is 0.00424. The van der Waals surface area contributed by atoms with Crippen LogP contribution >= 0.6 is 11.3 Å². The molecule has 0 saturated carbocycles. The van der Waals surface area contributed by atoms with Gasteiger partial charge in [-0.25, -0.2) is 9.37 Å². The third-order valence-electron chi connectivity index (χ3n) is 3.94. The van der Waals surface area contributed by atoms with Gasteiger partial charge in [-0.3, -0.25) is 10.1 Å². The van der Waals surface area contributed by atoms with Crippen molar-refractivity contribution >= 4 is 28.1 Å². The maximum absolute atomic E-state index is 13.0. The molecule has 1 saturated heterocycles. The van der Waals surface area contributed by atoms with Crippen LogP contribution in [-0.4, -0.2) is 43.6 Å². The number of rotatable bonds is 4. The van der Waals surface area contributed by atoms with Gasteiger partial charge in [-0.05, 0) is 31.2 Å². The summed E-state index contributed by atoms with van der Waals surface area (Å²) in [6, 6.07) is 6.58. The molecule has 0 aliphatic carbocycles. The van der Waals surface area contributed by atoms with Crippen LogP contribution in [0.2, 0.25) is 0 Å². The number of benzene rings is 1. The second-order valence-corrected chi connectivity index (χ2v) is 6.95. The summed E-state index contributed by atoms with van der Waals surface area (Å²) >= 11 is 1.49. The second-order valence-electron chi connectivity index (χ2n) is 5.71. The van der Waals surface area contributed by atoms with Crippen LogP contribution in [0.1, 0.15) is 4.88 Å². The van der Waals surface area contributed by atoms with Gasteiger partial charge in [-0.1, -0.05) is 0 Å². The predicted molar refractivity (Wildman–Crippen MR) is 89.7 cm³/mol. The van der Waals surface area contributed by atoms with Gasteiger partial charge in [0.1, 0.15) is 5.82 Å². The number of carbonyl (C=O) groups excluding carboxylic acids is 1. The monoisotopic (exact) mass is 335 g/mol. The van der Waals surface area contributed by atoms with Gasteiger partial charge in [0, 0.05) is 16.8 Å². The number of thiazole rings is 1. The van der Waals surface area contributed by atoms with E-state index in [9.17, 15) is 9.18 Å². The number of aryl methyl sites for hydroxylation is 1. The summed E-state index contributed by atoms with van der Waals surface area (Å²) < 4.78 is 13.0. The Morgan fingerprint density at radius 1 is 1.35 bits per heavy atom. The SMILES string of the molecule is Cc1cnc(NC(=O)C[NH+]2CCN(c3ccc(F)cc3)CC2)s1. The fourth-order valence-electron chi connectivity index (χ4n) is 2.71. The number of hydrogen-bond acceptors (Lipinski definition) is 4. The molecule has 0 atom stereocenters. The summed E-state index contributed by atoms with van der Waals surface area (Å²) in [5.41, 5.74) is 1.04. The summed E-state index contributed by atoms with van der Waals surface area (Å²) in [6.45, 7) is 5.93. The molecule has 1 aliphatic heterocycles. The number of nitrogens with one attached hydrogen (secondary N) is 2. The van der Waals surface area contributed by atoms with E-state index in [1.54, 1.807) is 18.3 Å². The van der Waals surface area contributed by atoms with E-state index >= 15 is 0 Å². The number of quaternary nitrogens is 1. The van der Waals surface area contributed by atoms with Gasteiger partial charge < -0.3 is 9.80 Å². The van der Waals surface area contributed by atoms with Crippen molar-refractivity contribution in [3.8, 4) is 0 Å². The Kier molecular flexibility index (Phi) is 4.88. The van der Waals surface area contributed by atoms with Gasteiger partial charge >= 0.3 is 0 Å². The van der Waals surface area contributed by atoms with Crippen molar-refractivity contribution in [2.45, 2.75) is 6.92 Å². The Bertz CT molecular complexity index is 665. The van der Waals surface area contributed by atoms with Gasteiger partial charge in [0.15, 0.2) is 11.7 Å². The summed E-state index contributed by atoms with van der Waals surface area (Å²) in [7, 11) is 0. The topological polar surface area (TPSA) is 49.7 Å². The zero-order valence-corrected chi connectivity index (χ0v) is 13.8. The molecule has 23 heavy (non-hydrogen) atoms. The minimum Gasteiger partial charge on any atom is -0.360 e. The van der Waals surface area contributed by atoms with Crippen molar-refractivity contribution in [2.75, 3.05) is 42.9 Å². The Labute approximate surface area is 138 Å². The molecule has 2 N–H and O–H groups in total. The van der Waals surface area contributed by atoms with E-state index in [0.717, 1.165) is 36.7 Å². The lowest BCUT2D eigenvalue weighted by atomic mass is 10.2. The average Bonchev–Trinajstić information content (AvgIpc) is 2.94. The van der Waals surface area contributed by atoms with Crippen molar-refractivity contribution in [2.24, 2.45) is 0 Å². The Balaban J connectivity index is 1.47. The minimum atomic E-state index is -0.216. The normalized spacial score (nSPS) is 15.7. The molecule has 2 heterocycles. The van der Waals surface area contributed by atoms with E-state index in [4.69, 9.17) is 0 Å². The zero-order chi connectivity index (χ0) is 16.2. The number of carbonyl (C=O) groups is 1. The van der Waals surface area contributed by atoms with Gasteiger partial charge in [0.2, 0.25) is 0 Å². The second kappa shape index (κ2) is 7.06. The third-order valence-corrected chi connectivity index (χ3v) is 4.77. The van der Waals surface area contributed by atoms with Gasteiger partial charge in [0.05, 0.1) is 26.2 Å². The molecule has 1 aliphatic rings. The molecular weight excluding hydrogens is 315 g/mol. The molecule has 1 aromatic heterocycles. The zero-order valence-electron chi connectivity index (χ0n) is 13.0. The first kappa shape index (κ1) is 15.9. The lowest BCUT2D eigenvalue weighted by molar-refractivity contribution is -0.892. The highest BCUT2D eigenvalue weighted by molar-refractivity contribution is 7.15. The van der Waals surface area contributed by atoms with Crippen LogP contribution in [0.3, 0.4) is 0 Å². The van der Waals surface area contributed by atoms with Crippen LogP contribution < -0.4 is 15.1 Å². The Morgan fingerprint density at radius 3 is 2.65 bits per heavy atom. The van der Waals surface area contributed by atoms with Crippen molar-refractivity contribution in [3.05, 3.63) is 41.2 Å². The van der Waals surface area contributed by atoms with E-state index in [1.165, 1.54) is 28.4 Å². The van der Waals surface area contributed by atoms with Crippen LogP contribution in [0.4, 0.5) is 15.2 Å². The van der Waals surface area contributed by atoms with Crippen LogP contribution in [-0.2, 0) is 4.79 Å². The van der Waals surface area contributed by atoms with Gasteiger partial charge in [-0.15, -0.1) is 11.3 Å². The molecule has 0 spiro atoms. The lowest BCUT2D eigenvalue weighted by Crippen LogP contribution is -3.15. The van der Waals surface area contributed by atoms with Crippen molar-refractivity contribution in [1.29, 1.82) is 0 Å². The van der Waals surface area contributed by atoms with Gasteiger partial charge in [-0.2, -0.15) is 0 Å². The molecule has 3 rings (SSSR count). The highest BCUT2D eigenvalue weighted by Crippen LogP contribution is 2.16. The first-order valence-corrected chi connectivity index (χ1v) is 8.48. The van der Waals surface area contributed by atoms with E-state index in [-0.39, 0.29) is 11.7 Å². The molecule has 0 unspecified atom stereocenters. The molecule has 0 radical (unpaired) electrons. The van der Waals surface area contributed by atoms with Crippen LogP contribution in [0.15, 0.2) is 30.5 Å². The van der Waals surface area contributed by atoms with E-state index in [2.05, 4.69) is 15.2 Å². The molecule has 2 aromatic rings. The molecule has 0 bridgehead atoms. The molecule has 122 valence electrons. The smallest absolute Gasteiger partial charge is 0.281 e. The molecule has 7 heteroatoms. The Hall–Kier alpha value is -1.99. The van der Waals surface area contributed by atoms with Crippen molar-refractivity contribution in [3.63, 3.8) is 0 Å². The summed E-state index contributed by atoms with van der Waals surface area (Å²) in [5, 5.41) is 3.52. The van der Waals surface area contributed by atoms with E-state index in [0.29, 0.717) is 11.7 Å². The fraction of sp³-hybridized carbons (Fsp3) is 0.375. The fourth-order valence-corrected chi connectivity index (χ4v) is 3.39. The largest absolute Gasteiger partial charge is 0.360 e. The quantitative estimate of drug-likeness (QED) is 0.874. The summed E-state index contributed by atoms with van der Waals surface area (Å²) in [5.74, 6) is -0.211. The Morgan fingerprint density at radius 2 is 2.04 bits per heavy atom. The number of halogens is 1. The standard InChI is InChI=1S/C16H19FN4OS/c1-12-10-18-16(23-12)19-15(22)11-20-6-8-21(9-7-20)14-4-2-13(17)3-5-14/h2-5,10H,6-9,11H2,1H3,(H,18,19,22)/p+1. The van der Waals surface area contributed by atoms with Crippen molar-refractivity contribution in [1.82, 2.24) is 4.98 Å². The highest BCUT2D eigenvalue weighted by Gasteiger charge is 2.22. The van der Waals surface area contributed by atoms with Crippen LogP contribution in [0.5, 0.6) is 0 Å². The first-order chi connectivity index (χ1) is 11.1. The molecule has 1 fully saturated rings. The van der Waals surface area contributed by atoms with E-state index < -0.39 is 0 Å². The molecule has 1 amide bonds. The van der Waals surface area contributed by atoms with Crippen molar-refractivity contribution < 1.29 is 14.1 Å². The van der Waals surface area contributed by atoms with Crippen LogP contribution in [0.25, 0.3) is 0 Å². The highest BCUT2D eigenvalue weighted by atomic mass is 32.1. The number of nitrogens with zero attached hydrogens (tertiary/aromatic N) is 2. The maximum atomic E-state index is 13.0. The average molecular weight is 335 g/mol. The number of aromatic nitrogens is 1. The number of amides is 1. The summed E-state index contributed by atoms with van der Waals surface area (Å²) in [4.78, 5) is 20.8. The summed E-state index contributed by atoms with van der Waals surface area (Å²) in [6.07, 6.45) is 1.76.